The van der Waals surface area contributed by atoms with Crippen LogP contribution in [-0.4, -0.2) is 30.2 Å². The molecular formula is C18H16O6. The Morgan fingerprint density at radius 3 is 2.42 bits per heavy atom. The lowest BCUT2D eigenvalue weighted by Crippen LogP contribution is -2.02. The molecule has 6 nitrogen and oxygen atoms in total. The molecule has 0 saturated carbocycles. The van der Waals surface area contributed by atoms with E-state index in [1.807, 2.05) is 0 Å². The number of fused-ring (bicyclic) bond motifs is 1. The number of rotatable bonds is 3. The van der Waals surface area contributed by atoms with E-state index in [9.17, 15) is 15.0 Å². The smallest absolute Gasteiger partial charge is 0.232 e. The Morgan fingerprint density at radius 2 is 1.75 bits per heavy atom. The molecule has 0 aromatic heterocycles. The van der Waals surface area contributed by atoms with Gasteiger partial charge in [-0.3, -0.25) is 4.79 Å². The number of allylic oxidation sites excluding steroid dienone is 2. The number of phenolic OH excluding ortho intramolecular Hbond substituents is 2. The van der Waals surface area contributed by atoms with Gasteiger partial charge < -0.3 is 24.4 Å². The van der Waals surface area contributed by atoms with E-state index >= 15 is 0 Å². The molecule has 0 spiro atoms. The van der Waals surface area contributed by atoms with Crippen LogP contribution in [0.1, 0.15) is 22.8 Å². The van der Waals surface area contributed by atoms with E-state index in [-0.39, 0.29) is 28.6 Å². The Hall–Kier alpha value is -3.15. The first-order valence-corrected chi connectivity index (χ1v) is 7.18. The second kappa shape index (κ2) is 5.81. The van der Waals surface area contributed by atoms with Crippen LogP contribution in [0.15, 0.2) is 36.1 Å². The topological polar surface area (TPSA) is 85.2 Å². The second-order valence-corrected chi connectivity index (χ2v) is 5.27. The number of Topliss-reactive ketones (excluding diaryl/α,β-unsaturated/α-hetero) is 1. The van der Waals surface area contributed by atoms with Crippen LogP contribution in [0.25, 0.3) is 5.57 Å². The lowest BCUT2D eigenvalue weighted by Gasteiger charge is -2.11. The molecule has 2 aromatic carbocycles. The van der Waals surface area contributed by atoms with E-state index in [0.717, 1.165) is 0 Å². The van der Waals surface area contributed by atoms with Crippen molar-refractivity contribution in [1.82, 2.24) is 0 Å². The molecule has 0 amide bonds. The van der Waals surface area contributed by atoms with E-state index in [4.69, 9.17) is 14.2 Å². The van der Waals surface area contributed by atoms with Crippen LogP contribution >= 0.6 is 0 Å². The number of carbonyl (C=O) groups excluding carboxylic acids is 1. The fraction of sp³-hybridized carbons (Fsp3) is 0.167. The number of carbonyl (C=O) groups is 1. The molecule has 24 heavy (non-hydrogen) atoms. The Bertz CT molecular complexity index is 866. The number of hydrogen-bond acceptors (Lipinski definition) is 6. The molecule has 0 saturated heterocycles. The highest BCUT2D eigenvalue weighted by Gasteiger charge is 2.33. The minimum atomic E-state index is -0.448. The van der Waals surface area contributed by atoms with Gasteiger partial charge in [0.25, 0.3) is 0 Å². The summed E-state index contributed by atoms with van der Waals surface area (Å²) < 4.78 is 16.0. The third-order valence-electron chi connectivity index (χ3n) is 3.92. The zero-order valence-corrected chi connectivity index (χ0v) is 13.4. The molecule has 1 aliphatic rings. The van der Waals surface area contributed by atoms with Crippen molar-refractivity contribution < 1.29 is 29.2 Å². The molecule has 0 radical (unpaired) electrons. The van der Waals surface area contributed by atoms with Gasteiger partial charge in [0.15, 0.2) is 28.8 Å². The maximum atomic E-state index is 12.5. The fourth-order valence-electron chi connectivity index (χ4n) is 2.56. The number of ketones is 1. The van der Waals surface area contributed by atoms with Gasteiger partial charge in [0.2, 0.25) is 11.5 Å². The van der Waals surface area contributed by atoms with Crippen molar-refractivity contribution >= 4 is 11.4 Å². The lowest BCUT2D eigenvalue weighted by molar-refractivity contribution is 0.101. The average Bonchev–Trinajstić information content (AvgIpc) is 2.94. The number of benzene rings is 2. The first-order valence-electron chi connectivity index (χ1n) is 7.18. The van der Waals surface area contributed by atoms with Crippen LogP contribution in [0.2, 0.25) is 0 Å². The van der Waals surface area contributed by atoms with Crippen LogP contribution in [0.4, 0.5) is 0 Å². The van der Waals surface area contributed by atoms with E-state index in [1.165, 1.54) is 19.2 Å². The van der Waals surface area contributed by atoms with Gasteiger partial charge in [0.1, 0.15) is 0 Å². The monoisotopic (exact) mass is 328 g/mol. The molecule has 0 atom stereocenters. The third-order valence-corrected chi connectivity index (χ3v) is 3.92. The van der Waals surface area contributed by atoms with Crippen molar-refractivity contribution in [3.8, 4) is 28.7 Å². The number of ether oxygens (including phenoxy) is 3. The quantitative estimate of drug-likeness (QED) is 0.665. The summed E-state index contributed by atoms with van der Waals surface area (Å²) in [5, 5.41) is 19.4. The zero-order valence-electron chi connectivity index (χ0n) is 13.4. The first kappa shape index (κ1) is 15.7. The van der Waals surface area contributed by atoms with Gasteiger partial charge in [0.05, 0.1) is 19.8 Å². The molecule has 0 aliphatic carbocycles. The van der Waals surface area contributed by atoms with Crippen LogP contribution < -0.4 is 14.2 Å². The van der Waals surface area contributed by atoms with E-state index in [1.54, 1.807) is 32.2 Å². The van der Waals surface area contributed by atoms with Gasteiger partial charge >= 0.3 is 0 Å². The van der Waals surface area contributed by atoms with Crippen LogP contribution in [0, 0.1) is 0 Å². The van der Waals surface area contributed by atoms with Gasteiger partial charge in [-0.2, -0.15) is 0 Å². The summed E-state index contributed by atoms with van der Waals surface area (Å²) in [5.41, 5.74) is 1.50. The van der Waals surface area contributed by atoms with Gasteiger partial charge in [-0.25, -0.2) is 0 Å². The zero-order chi connectivity index (χ0) is 17.4. The second-order valence-electron chi connectivity index (χ2n) is 5.27. The Morgan fingerprint density at radius 1 is 1.04 bits per heavy atom. The predicted octanol–water partition coefficient (Wildman–Crippen LogP) is 3.12. The highest BCUT2D eigenvalue weighted by Crippen LogP contribution is 2.45. The van der Waals surface area contributed by atoms with Crippen molar-refractivity contribution in [3.05, 3.63) is 47.2 Å². The minimum Gasteiger partial charge on any atom is -0.504 e. The number of phenols is 2. The van der Waals surface area contributed by atoms with E-state index in [2.05, 4.69) is 0 Å². The summed E-state index contributed by atoms with van der Waals surface area (Å²) in [4.78, 5) is 12.5. The largest absolute Gasteiger partial charge is 0.504 e. The van der Waals surface area contributed by atoms with E-state index in [0.29, 0.717) is 22.6 Å². The SMILES string of the molecule is COc1ccc(/C(C)=C2\Oc3c(ccc(O)c3O)C2=O)cc1OC. The van der Waals surface area contributed by atoms with Crippen LogP contribution in [0.5, 0.6) is 28.7 Å². The highest BCUT2D eigenvalue weighted by molar-refractivity contribution is 6.16. The van der Waals surface area contributed by atoms with Crippen molar-refractivity contribution in [1.29, 1.82) is 0 Å². The summed E-state index contributed by atoms with van der Waals surface area (Å²) in [6.07, 6.45) is 0. The molecule has 124 valence electrons. The molecule has 3 rings (SSSR count). The summed E-state index contributed by atoms with van der Waals surface area (Å²) in [6, 6.07) is 7.92. The Kier molecular flexibility index (Phi) is 3.81. The van der Waals surface area contributed by atoms with Crippen molar-refractivity contribution in [2.24, 2.45) is 0 Å². The van der Waals surface area contributed by atoms with Gasteiger partial charge in [-0.05, 0) is 36.8 Å². The molecule has 0 bridgehead atoms. The molecule has 1 heterocycles. The molecule has 0 unspecified atom stereocenters. The maximum absolute atomic E-state index is 12.5. The van der Waals surface area contributed by atoms with Crippen molar-refractivity contribution in [2.45, 2.75) is 6.92 Å². The van der Waals surface area contributed by atoms with Crippen LogP contribution in [0.3, 0.4) is 0 Å². The predicted molar refractivity (Wildman–Crippen MR) is 86.9 cm³/mol. The van der Waals surface area contributed by atoms with Crippen molar-refractivity contribution in [2.75, 3.05) is 14.2 Å². The summed E-state index contributed by atoms with van der Waals surface area (Å²) >= 11 is 0. The normalized spacial score (nSPS) is 14.9. The van der Waals surface area contributed by atoms with Crippen molar-refractivity contribution in [3.63, 3.8) is 0 Å². The molecular weight excluding hydrogens is 312 g/mol. The number of hydrogen-bond donors (Lipinski definition) is 2. The molecule has 2 N–H and O–H groups in total. The average molecular weight is 328 g/mol. The number of aromatic hydroxyl groups is 2. The first-order chi connectivity index (χ1) is 11.5. The van der Waals surface area contributed by atoms with Gasteiger partial charge in [-0.1, -0.05) is 6.07 Å². The number of methoxy groups -OCH3 is 2. The minimum absolute atomic E-state index is 0.0326. The Labute approximate surface area is 138 Å². The van der Waals surface area contributed by atoms with Crippen LogP contribution in [-0.2, 0) is 0 Å². The molecule has 2 aromatic rings. The molecule has 0 fully saturated rings. The van der Waals surface area contributed by atoms with Gasteiger partial charge in [-0.15, -0.1) is 0 Å². The fourth-order valence-corrected chi connectivity index (χ4v) is 2.56. The maximum Gasteiger partial charge on any atom is 0.232 e. The summed E-state index contributed by atoms with van der Waals surface area (Å²) in [7, 11) is 3.07. The third kappa shape index (κ3) is 2.32. The van der Waals surface area contributed by atoms with Gasteiger partial charge in [0, 0.05) is 5.57 Å². The highest BCUT2D eigenvalue weighted by atomic mass is 16.5. The Balaban J connectivity index is 2.08. The van der Waals surface area contributed by atoms with E-state index < -0.39 is 5.75 Å². The standard InChI is InChI=1S/C18H16O6/c1-9(10-4-7-13(22-2)14(8-10)23-3)17-15(20)11-5-6-12(19)16(21)18(11)24-17/h4-8,19,21H,1-3H3/b17-9-. The molecule has 6 heteroatoms. The summed E-state index contributed by atoms with van der Waals surface area (Å²) in [5.74, 6) is 0.0186. The lowest BCUT2D eigenvalue weighted by atomic mass is 10.0. The summed E-state index contributed by atoms with van der Waals surface area (Å²) in [6.45, 7) is 1.73. The molecule has 1 aliphatic heterocycles.